The van der Waals surface area contributed by atoms with Crippen molar-refractivity contribution in [2.45, 2.75) is 19.9 Å². The van der Waals surface area contributed by atoms with E-state index in [9.17, 15) is 9.59 Å². The van der Waals surface area contributed by atoms with Gasteiger partial charge in [0.2, 0.25) is 0 Å². The average molecular weight is 345 g/mol. The Morgan fingerprint density at radius 1 is 0.808 bits per heavy atom. The molecule has 3 aromatic heterocycles. The summed E-state index contributed by atoms with van der Waals surface area (Å²) in [5.41, 5.74) is 1.41. The first-order valence-electron chi connectivity index (χ1n) is 8.60. The minimum Gasteiger partial charge on any atom is -0.422 e. The zero-order valence-corrected chi connectivity index (χ0v) is 14.1. The molecule has 0 aliphatic heterocycles. The summed E-state index contributed by atoms with van der Waals surface area (Å²) in [7, 11) is 0. The third-order valence-electron chi connectivity index (χ3n) is 4.81. The van der Waals surface area contributed by atoms with Gasteiger partial charge >= 0.3 is 11.3 Å². The van der Waals surface area contributed by atoms with E-state index in [1.807, 2.05) is 36.4 Å². The Hall–Kier alpha value is -3.34. The Morgan fingerprint density at radius 3 is 2.27 bits per heavy atom. The molecule has 0 N–H and O–H groups in total. The van der Waals surface area contributed by atoms with E-state index in [0.29, 0.717) is 28.5 Å². The van der Waals surface area contributed by atoms with Gasteiger partial charge in [0.25, 0.3) is 0 Å². The molecule has 0 radical (unpaired) electrons. The first-order chi connectivity index (χ1) is 12.7. The van der Waals surface area contributed by atoms with Crippen LogP contribution in [0.5, 0.6) is 0 Å². The van der Waals surface area contributed by atoms with E-state index in [1.54, 1.807) is 12.1 Å². The van der Waals surface area contributed by atoms with Crippen LogP contribution in [0.2, 0.25) is 0 Å². The van der Waals surface area contributed by atoms with Crippen molar-refractivity contribution >= 4 is 43.7 Å². The van der Waals surface area contributed by atoms with E-state index in [4.69, 9.17) is 8.83 Å². The van der Waals surface area contributed by atoms with Crippen LogP contribution < -0.4 is 11.3 Å². The standard InChI is InChI=1S/C21H15NO4/c1-2-11-22-17-14-9-5-6-10-15(14)25-21(24)16(17)19-18(22)12-7-3-4-8-13(12)20(23)26-19/h3-10H,2,11H2,1H3. The minimum absolute atomic E-state index is 0.302. The maximum Gasteiger partial charge on any atom is 0.349 e. The summed E-state index contributed by atoms with van der Waals surface area (Å²) in [5, 5.41) is 2.45. The SMILES string of the molecule is CCCn1c2c3ccccc3c(=O)oc2c2c(=O)oc3ccccc3c21. The fourth-order valence-corrected chi connectivity index (χ4v) is 3.80. The maximum absolute atomic E-state index is 12.7. The zero-order chi connectivity index (χ0) is 17.8. The van der Waals surface area contributed by atoms with Crippen molar-refractivity contribution in [3.8, 4) is 0 Å². The average Bonchev–Trinajstić information content (AvgIpc) is 2.98. The highest BCUT2D eigenvalue weighted by Gasteiger charge is 2.22. The lowest BCUT2D eigenvalue weighted by Crippen LogP contribution is -2.02. The first-order valence-corrected chi connectivity index (χ1v) is 8.60. The quantitative estimate of drug-likeness (QED) is 0.444. The van der Waals surface area contributed by atoms with E-state index in [1.165, 1.54) is 0 Å². The van der Waals surface area contributed by atoms with Crippen LogP contribution in [0.3, 0.4) is 0 Å². The Labute approximate surface area is 147 Å². The molecule has 0 saturated carbocycles. The highest BCUT2D eigenvalue weighted by atomic mass is 16.4. The Morgan fingerprint density at radius 2 is 1.50 bits per heavy atom. The summed E-state index contributed by atoms with van der Waals surface area (Å²) in [5.74, 6) is 0. The van der Waals surface area contributed by atoms with E-state index in [0.717, 1.165) is 28.2 Å². The molecule has 2 aromatic carbocycles. The number of aromatic nitrogens is 1. The molecule has 0 aliphatic carbocycles. The Balaban J connectivity index is 2.20. The van der Waals surface area contributed by atoms with Gasteiger partial charge in [0.05, 0.1) is 16.4 Å². The fraction of sp³-hybridized carbons (Fsp3) is 0.143. The number of para-hydroxylation sites is 1. The van der Waals surface area contributed by atoms with Gasteiger partial charge in [-0.3, -0.25) is 0 Å². The van der Waals surface area contributed by atoms with Crippen LogP contribution in [-0.4, -0.2) is 4.57 Å². The molecule has 5 heteroatoms. The summed E-state index contributed by atoms with van der Waals surface area (Å²) >= 11 is 0. The van der Waals surface area contributed by atoms with Crippen LogP contribution in [0.15, 0.2) is 67.0 Å². The van der Waals surface area contributed by atoms with Gasteiger partial charge in [0.15, 0.2) is 5.58 Å². The number of rotatable bonds is 2. The summed E-state index contributed by atoms with van der Waals surface area (Å²) in [6.07, 6.45) is 0.876. The largest absolute Gasteiger partial charge is 0.422 e. The number of aryl methyl sites for hydroxylation is 1. The number of nitrogens with zero attached hydrogens (tertiary/aromatic N) is 1. The monoisotopic (exact) mass is 345 g/mol. The summed E-state index contributed by atoms with van der Waals surface area (Å²) < 4.78 is 13.2. The van der Waals surface area contributed by atoms with Gasteiger partial charge in [-0.15, -0.1) is 0 Å². The molecule has 5 rings (SSSR count). The summed E-state index contributed by atoms with van der Waals surface area (Å²) in [6.45, 7) is 2.78. The van der Waals surface area contributed by atoms with Crippen LogP contribution >= 0.6 is 0 Å². The van der Waals surface area contributed by atoms with Gasteiger partial charge in [-0.2, -0.15) is 0 Å². The van der Waals surface area contributed by atoms with Crippen molar-refractivity contribution in [1.82, 2.24) is 4.57 Å². The van der Waals surface area contributed by atoms with Gasteiger partial charge < -0.3 is 13.4 Å². The Kier molecular flexibility index (Phi) is 3.06. The molecule has 0 fully saturated rings. The molecular formula is C21H15NO4. The third-order valence-corrected chi connectivity index (χ3v) is 4.81. The van der Waals surface area contributed by atoms with Gasteiger partial charge in [0, 0.05) is 17.3 Å². The minimum atomic E-state index is -0.489. The molecule has 0 aliphatic rings. The second kappa shape index (κ2) is 5.33. The molecule has 0 unspecified atom stereocenters. The molecule has 3 heterocycles. The van der Waals surface area contributed by atoms with Crippen molar-refractivity contribution in [1.29, 1.82) is 0 Å². The maximum atomic E-state index is 12.7. The lowest BCUT2D eigenvalue weighted by molar-refractivity contribution is 0.558. The number of hydrogen-bond donors (Lipinski definition) is 0. The van der Waals surface area contributed by atoms with Crippen LogP contribution in [0.4, 0.5) is 0 Å². The van der Waals surface area contributed by atoms with Gasteiger partial charge in [-0.25, -0.2) is 9.59 Å². The topological polar surface area (TPSA) is 65.3 Å². The fourth-order valence-electron chi connectivity index (χ4n) is 3.80. The molecule has 0 saturated heterocycles. The lowest BCUT2D eigenvalue weighted by atomic mass is 10.1. The van der Waals surface area contributed by atoms with Gasteiger partial charge in [0.1, 0.15) is 11.0 Å². The summed E-state index contributed by atoms with van der Waals surface area (Å²) in [6, 6.07) is 14.8. The van der Waals surface area contributed by atoms with Crippen molar-refractivity contribution in [2.24, 2.45) is 0 Å². The van der Waals surface area contributed by atoms with Crippen LogP contribution in [0.25, 0.3) is 43.7 Å². The van der Waals surface area contributed by atoms with Crippen molar-refractivity contribution in [3.05, 3.63) is 69.4 Å². The smallest absolute Gasteiger partial charge is 0.349 e. The predicted molar refractivity (Wildman–Crippen MR) is 102 cm³/mol. The number of benzene rings is 2. The van der Waals surface area contributed by atoms with Crippen LogP contribution in [-0.2, 0) is 6.54 Å². The second-order valence-electron chi connectivity index (χ2n) is 6.37. The second-order valence-corrected chi connectivity index (χ2v) is 6.37. The van der Waals surface area contributed by atoms with E-state index in [2.05, 4.69) is 11.5 Å². The van der Waals surface area contributed by atoms with Crippen LogP contribution in [0, 0.1) is 0 Å². The summed E-state index contributed by atoms with van der Waals surface area (Å²) in [4.78, 5) is 25.2. The molecule has 0 atom stereocenters. The van der Waals surface area contributed by atoms with Crippen molar-refractivity contribution < 1.29 is 8.83 Å². The number of fused-ring (bicyclic) bond motifs is 7. The first kappa shape index (κ1) is 15.0. The normalized spacial score (nSPS) is 11.9. The van der Waals surface area contributed by atoms with Gasteiger partial charge in [-0.05, 0) is 24.6 Å². The Bertz CT molecular complexity index is 1440. The lowest BCUT2D eigenvalue weighted by Gasteiger charge is -2.08. The molecule has 5 aromatic rings. The van der Waals surface area contributed by atoms with Crippen molar-refractivity contribution in [2.75, 3.05) is 0 Å². The molecular weight excluding hydrogens is 330 g/mol. The molecule has 5 nitrogen and oxygen atoms in total. The molecule has 0 bridgehead atoms. The molecule has 0 amide bonds. The molecule has 0 spiro atoms. The van der Waals surface area contributed by atoms with Crippen molar-refractivity contribution in [3.63, 3.8) is 0 Å². The van der Waals surface area contributed by atoms with E-state index in [-0.39, 0.29) is 0 Å². The van der Waals surface area contributed by atoms with Gasteiger partial charge in [-0.1, -0.05) is 37.3 Å². The highest BCUT2D eigenvalue weighted by molar-refractivity contribution is 6.19. The van der Waals surface area contributed by atoms with Crippen LogP contribution in [0.1, 0.15) is 13.3 Å². The van der Waals surface area contributed by atoms with E-state index >= 15 is 0 Å². The van der Waals surface area contributed by atoms with E-state index < -0.39 is 11.3 Å². The molecule has 128 valence electrons. The molecule has 26 heavy (non-hydrogen) atoms. The zero-order valence-electron chi connectivity index (χ0n) is 14.1. The third kappa shape index (κ3) is 1.85. The highest BCUT2D eigenvalue weighted by Crippen LogP contribution is 2.34. The number of hydrogen-bond acceptors (Lipinski definition) is 4. The predicted octanol–water partition coefficient (Wildman–Crippen LogP) is 4.42.